The molecule has 72 valence electrons. The highest BCUT2D eigenvalue weighted by Gasteiger charge is 2.12. The van der Waals surface area contributed by atoms with E-state index in [2.05, 4.69) is 0 Å². The van der Waals surface area contributed by atoms with Gasteiger partial charge in [-0.15, -0.1) is 12.4 Å². The Morgan fingerprint density at radius 3 is 2.00 bits per heavy atom. The van der Waals surface area contributed by atoms with E-state index in [9.17, 15) is 4.79 Å². The Balaban J connectivity index is 0.00000144. The van der Waals surface area contributed by atoms with Gasteiger partial charge >= 0.3 is 0 Å². The maximum absolute atomic E-state index is 10.3. The summed E-state index contributed by atoms with van der Waals surface area (Å²) in [5.41, 5.74) is 7.25. The van der Waals surface area contributed by atoms with E-state index in [0.29, 0.717) is 5.56 Å². The van der Waals surface area contributed by atoms with Crippen LogP contribution >= 0.6 is 12.4 Å². The predicted octanol–water partition coefficient (Wildman–Crippen LogP) is 2.11. The molecule has 2 nitrogen and oxygen atoms in total. The molecule has 0 bridgehead atoms. The molecule has 0 aliphatic rings. The molecule has 13 heavy (non-hydrogen) atoms. The molecule has 2 N–H and O–H groups in total. The summed E-state index contributed by atoms with van der Waals surface area (Å²) in [7, 11) is 0. The number of aldehydes is 1. The smallest absolute Gasteiger partial charge is 0.150 e. The van der Waals surface area contributed by atoms with Gasteiger partial charge in [-0.2, -0.15) is 0 Å². The van der Waals surface area contributed by atoms with Crippen molar-refractivity contribution in [3.8, 4) is 0 Å². The molecule has 0 radical (unpaired) electrons. The van der Waals surface area contributed by atoms with E-state index in [0.717, 1.165) is 11.8 Å². The van der Waals surface area contributed by atoms with Gasteiger partial charge in [-0.3, -0.25) is 4.79 Å². The quantitative estimate of drug-likeness (QED) is 0.742. The van der Waals surface area contributed by atoms with Crippen LogP contribution in [0.1, 0.15) is 29.8 Å². The van der Waals surface area contributed by atoms with Crippen LogP contribution in [0.2, 0.25) is 0 Å². The first kappa shape index (κ1) is 12.1. The highest BCUT2D eigenvalue weighted by atomic mass is 35.5. The van der Waals surface area contributed by atoms with E-state index in [4.69, 9.17) is 5.73 Å². The van der Waals surface area contributed by atoms with Gasteiger partial charge in [-0.05, 0) is 19.4 Å². The zero-order valence-electron chi connectivity index (χ0n) is 7.78. The summed E-state index contributed by atoms with van der Waals surface area (Å²) in [6, 6.07) is 7.31. The molecule has 0 atom stereocenters. The molecule has 0 heterocycles. The third kappa shape index (κ3) is 3.17. The molecule has 0 aromatic heterocycles. The zero-order chi connectivity index (χ0) is 9.19. The normalized spacial score (nSPS) is 10.4. The third-order valence-electron chi connectivity index (χ3n) is 1.79. The molecular weight excluding hydrogens is 186 g/mol. The van der Waals surface area contributed by atoms with Crippen molar-refractivity contribution in [2.45, 2.75) is 19.4 Å². The minimum absolute atomic E-state index is 0. The van der Waals surface area contributed by atoms with E-state index in [-0.39, 0.29) is 17.9 Å². The average molecular weight is 200 g/mol. The first-order chi connectivity index (χ1) is 5.54. The van der Waals surface area contributed by atoms with Gasteiger partial charge in [0.25, 0.3) is 0 Å². The lowest BCUT2D eigenvalue weighted by Crippen LogP contribution is -2.28. The Kier molecular flexibility index (Phi) is 4.11. The summed E-state index contributed by atoms with van der Waals surface area (Å²) in [5, 5.41) is 0. The second kappa shape index (κ2) is 4.40. The number of hydrogen-bond donors (Lipinski definition) is 1. The molecular formula is C10H14ClNO. The first-order valence-electron chi connectivity index (χ1n) is 3.88. The van der Waals surface area contributed by atoms with Crippen LogP contribution in [0.25, 0.3) is 0 Å². The van der Waals surface area contributed by atoms with Gasteiger partial charge in [-0.1, -0.05) is 24.3 Å². The molecule has 1 rings (SSSR count). The van der Waals surface area contributed by atoms with Crippen molar-refractivity contribution in [3.05, 3.63) is 35.4 Å². The van der Waals surface area contributed by atoms with E-state index in [1.165, 1.54) is 0 Å². The maximum atomic E-state index is 10.3. The van der Waals surface area contributed by atoms with Crippen LogP contribution in [0.3, 0.4) is 0 Å². The monoisotopic (exact) mass is 199 g/mol. The van der Waals surface area contributed by atoms with Crippen molar-refractivity contribution in [1.29, 1.82) is 0 Å². The predicted molar refractivity (Wildman–Crippen MR) is 56.3 cm³/mol. The molecule has 0 saturated carbocycles. The minimum atomic E-state index is -0.332. The lowest BCUT2D eigenvalue weighted by Gasteiger charge is -2.18. The summed E-state index contributed by atoms with van der Waals surface area (Å²) < 4.78 is 0. The van der Waals surface area contributed by atoms with E-state index >= 15 is 0 Å². The highest BCUT2D eigenvalue weighted by molar-refractivity contribution is 5.85. The van der Waals surface area contributed by atoms with Gasteiger partial charge in [0.2, 0.25) is 0 Å². The van der Waals surface area contributed by atoms with Crippen LogP contribution in [0.5, 0.6) is 0 Å². The molecule has 0 amide bonds. The van der Waals surface area contributed by atoms with Crippen molar-refractivity contribution < 1.29 is 4.79 Å². The number of rotatable bonds is 2. The Labute approximate surface area is 84.5 Å². The van der Waals surface area contributed by atoms with Gasteiger partial charge in [0.1, 0.15) is 6.29 Å². The van der Waals surface area contributed by atoms with Crippen LogP contribution in [-0.4, -0.2) is 6.29 Å². The van der Waals surface area contributed by atoms with Crippen LogP contribution < -0.4 is 5.73 Å². The fraction of sp³-hybridized carbons (Fsp3) is 0.300. The topological polar surface area (TPSA) is 43.1 Å². The maximum Gasteiger partial charge on any atom is 0.150 e. The number of hydrogen-bond acceptors (Lipinski definition) is 2. The first-order valence-corrected chi connectivity index (χ1v) is 3.88. The summed E-state index contributed by atoms with van der Waals surface area (Å²) in [6.07, 6.45) is 0.827. The number of nitrogens with two attached hydrogens (primary N) is 1. The Hall–Kier alpha value is -0.860. The van der Waals surface area contributed by atoms with Gasteiger partial charge in [0.15, 0.2) is 0 Å². The van der Waals surface area contributed by atoms with Gasteiger partial charge in [-0.25, -0.2) is 0 Å². The summed E-state index contributed by atoms with van der Waals surface area (Å²) in [4.78, 5) is 10.3. The molecule has 1 aromatic rings. The van der Waals surface area contributed by atoms with Gasteiger partial charge < -0.3 is 5.73 Å². The Bertz CT molecular complexity index is 274. The molecule has 0 aliphatic heterocycles. The molecule has 1 aromatic carbocycles. The van der Waals surface area contributed by atoms with Gasteiger partial charge in [0, 0.05) is 11.1 Å². The number of halogens is 1. The molecule has 0 fully saturated rings. The van der Waals surface area contributed by atoms with Crippen molar-refractivity contribution in [2.24, 2.45) is 5.73 Å². The third-order valence-corrected chi connectivity index (χ3v) is 1.79. The summed E-state index contributed by atoms with van der Waals surface area (Å²) in [6.45, 7) is 3.87. The van der Waals surface area contributed by atoms with Crippen LogP contribution in [-0.2, 0) is 5.54 Å². The second-order valence-electron chi connectivity index (χ2n) is 3.46. The molecule has 0 aliphatic carbocycles. The lowest BCUT2D eigenvalue weighted by atomic mass is 9.95. The van der Waals surface area contributed by atoms with Crippen molar-refractivity contribution in [1.82, 2.24) is 0 Å². The van der Waals surface area contributed by atoms with Crippen molar-refractivity contribution in [3.63, 3.8) is 0 Å². The van der Waals surface area contributed by atoms with Crippen LogP contribution in [0.15, 0.2) is 24.3 Å². The number of carbonyl (C=O) groups excluding carboxylic acids is 1. The van der Waals surface area contributed by atoms with Gasteiger partial charge in [0.05, 0.1) is 0 Å². The lowest BCUT2D eigenvalue weighted by molar-refractivity contribution is 0.112. The number of carbonyl (C=O) groups is 1. The molecule has 0 spiro atoms. The zero-order valence-corrected chi connectivity index (χ0v) is 8.60. The highest BCUT2D eigenvalue weighted by Crippen LogP contribution is 2.16. The van der Waals surface area contributed by atoms with Crippen molar-refractivity contribution in [2.75, 3.05) is 0 Å². The molecule has 0 unspecified atom stereocenters. The standard InChI is InChI=1S/C10H13NO.ClH/c1-10(2,11)9-5-3-8(7-12)4-6-9;/h3-7H,11H2,1-2H3;1H. The molecule has 3 heteroatoms. The average Bonchev–Trinajstić information content (AvgIpc) is 2.03. The fourth-order valence-electron chi connectivity index (χ4n) is 0.991. The second-order valence-corrected chi connectivity index (χ2v) is 3.46. The Morgan fingerprint density at radius 2 is 1.69 bits per heavy atom. The van der Waals surface area contributed by atoms with Crippen LogP contribution in [0, 0.1) is 0 Å². The van der Waals surface area contributed by atoms with E-state index in [1.807, 2.05) is 26.0 Å². The summed E-state index contributed by atoms with van der Waals surface area (Å²) >= 11 is 0. The number of benzene rings is 1. The SMILES string of the molecule is CC(C)(N)c1ccc(C=O)cc1.Cl. The van der Waals surface area contributed by atoms with E-state index < -0.39 is 0 Å². The van der Waals surface area contributed by atoms with E-state index in [1.54, 1.807) is 12.1 Å². The minimum Gasteiger partial charge on any atom is -0.322 e. The molecule has 0 saturated heterocycles. The summed E-state index contributed by atoms with van der Waals surface area (Å²) in [5.74, 6) is 0. The Morgan fingerprint density at radius 1 is 1.23 bits per heavy atom. The largest absolute Gasteiger partial charge is 0.322 e. The fourth-order valence-corrected chi connectivity index (χ4v) is 0.991. The van der Waals surface area contributed by atoms with Crippen molar-refractivity contribution >= 4 is 18.7 Å². The van der Waals surface area contributed by atoms with Crippen LogP contribution in [0.4, 0.5) is 0 Å².